The summed E-state index contributed by atoms with van der Waals surface area (Å²) in [4.78, 5) is 30.2. The highest BCUT2D eigenvalue weighted by Gasteiger charge is 2.14. The Labute approximate surface area is 137 Å². The van der Waals surface area contributed by atoms with Gasteiger partial charge in [0.15, 0.2) is 0 Å². The molecule has 0 atom stereocenters. The number of para-hydroxylation sites is 1. The molecule has 0 saturated heterocycles. The smallest absolute Gasteiger partial charge is 0.313 e. The second kappa shape index (κ2) is 6.58. The highest BCUT2D eigenvalue weighted by molar-refractivity contribution is 7.11. The Hall–Kier alpha value is -2.73. The molecule has 23 heavy (non-hydrogen) atoms. The van der Waals surface area contributed by atoms with E-state index in [0.29, 0.717) is 12.2 Å². The van der Waals surface area contributed by atoms with Crippen molar-refractivity contribution in [2.45, 2.75) is 13.5 Å². The predicted molar refractivity (Wildman–Crippen MR) is 91.3 cm³/mol. The molecule has 0 fully saturated rings. The summed E-state index contributed by atoms with van der Waals surface area (Å²) in [7, 11) is 0. The van der Waals surface area contributed by atoms with Gasteiger partial charge in [-0.05, 0) is 31.2 Å². The average molecular weight is 325 g/mol. The van der Waals surface area contributed by atoms with Crippen molar-refractivity contribution in [1.82, 2.24) is 10.3 Å². The third-order valence-corrected chi connectivity index (χ3v) is 4.27. The lowest BCUT2D eigenvalue weighted by Gasteiger charge is -2.06. The quantitative estimate of drug-likeness (QED) is 0.727. The third-order valence-electron chi connectivity index (χ3n) is 3.27. The third kappa shape index (κ3) is 3.73. The van der Waals surface area contributed by atoms with E-state index in [1.54, 1.807) is 17.4 Å². The molecule has 3 rings (SSSR count). The minimum Gasteiger partial charge on any atom is -0.343 e. The molecule has 3 aromatic rings. The normalized spacial score (nSPS) is 10.5. The fourth-order valence-electron chi connectivity index (χ4n) is 2.16. The summed E-state index contributed by atoms with van der Waals surface area (Å²) >= 11 is 1.59. The average Bonchev–Trinajstić information content (AvgIpc) is 2.98. The maximum Gasteiger partial charge on any atom is 0.313 e. The molecular weight excluding hydrogens is 310 g/mol. The maximum atomic E-state index is 11.9. The number of aromatic nitrogens is 1. The molecule has 0 bridgehead atoms. The fraction of sp³-hybridized carbons (Fsp3) is 0.118. The minimum atomic E-state index is -0.699. The molecule has 2 N–H and O–H groups in total. The molecule has 1 aromatic carbocycles. The molecule has 0 radical (unpaired) electrons. The maximum absolute atomic E-state index is 11.9. The Morgan fingerprint density at radius 1 is 1.13 bits per heavy atom. The number of benzene rings is 1. The van der Waals surface area contributed by atoms with Gasteiger partial charge >= 0.3 is 11.8 Å². The van der Waals surface area contributed by atoms with Crippen LogP contribution in [0.25, 0.3) is 10.9 Å². The topological polar surface area (TPSA) is 71.1 Å². The first-order chi connectivity index (χ1) is 11.1. The van der Waals surface area contributed by atoms with Crippen molar-refractivity contribution in [3.63, 3.8) is 0 Å². The number of nitrogens with zero attached hydrogens (tertiary/aromatic N) is 1. The summed E-state index contributed by atoms with van der Waals surface area (Å²) in [5.41, 5.74) is 1.33. The van der Waals surface area contributed by atoms with Crippen LogP contribution in [0.3, 0.4) is 0 Å². The molecule has 6 heteroatoms. The molecule has 2 aromatic heterocycles. The molecule has 2 heterocycles. The van der Waals surface area contributed by atoms with Crippen LogP contribution in [0.1, 0.15) is 9.75 Å². The van der Waals surface area contributed by atoms with Crippen LogP contribution in [0.4, 0.5) is 5.69 Å². The number of hydrogen-bond acceptors (Lipinski definition) is 4. The first-order valence-electron chi connectivity index (χ1n) is 7.11. The van der Waals surface area contributed by atoms with Crippen LogP contribution in [0.2, 0.25) is 0 Å². The van der Waals surface area contributed by atoms with E-state index in [1.165, 1.54) is 11.1 Å². The van der Waals surface area contributed by atoms with Crippen LogP contribution < -0.4 is 10.6 Å². The number of thiophene rings is 1. The van der Waals surface area contributed by atoms with Gasteiger partial charge in [-0.25, -0.2) is 0 Å². The summed E-state index contributed by atoms with van der Waals surface area (Å²) in [5, 5.41) is 6.08. The van der Waals surface area contributed by atoms with Gasteiger partial charge in [-0.2, -0.15) is 0 Å². The zero-order valence-corrected chi connectivity index (χ0v) is 13.3. The second-order valence-electron chi connectivity index (χ2n) is 5.07. The van der Waals surface area contributed by atoms with Gasteiger partial charge in [0.2, 0.25) is 0 Å². The van der Waals surface area contributed by atoms with E-state index in [2.05, 4.69) is 15.6 Å². The van der Waals surface area contributed by atoms with Crippen LogP contribution >= 0.6 is 11.3 Å². The van der Waals surface area contributed by atoms with Crippen molar-refractivity contribution in [3.05, 3.63) is 58.4 Å². The Morgan fingerprint density at radius 3 is 2.74 bits per heavy atom. The van der Waals surface area contributed by atoms with Gasteiger partial charge in [0.25, 0.3) is 0 Å². The molecule has 5 nitrogen and oxygen atoms in total. The van der Waals surface area contributed by atoms with E-state index < -0.39 is 11.8 Å². The first kappa shape index (κ1) is 15.2. The molecule has 0 aliphatic rings. The van der Waals surface area contributed by atoms with Crippen molar-refractivity contribution in [3.8, 4) is 0 Å². The molecule has 116 valence electrons. The van der Waals surface area contributed by atoms with Gasteiger partial charge in [-0.1, -0.05) is 18.2 Å². The van der Waals surface area contributed by atoms with Gasteiger partial charge in [-0.3, -0.25) is 14.6 Å². The van der Waals surface area contributed by atoms with E-state index in [0.717, 1.165) is 15.8 Å². The van der Waals surface area contributed by atoms with E-state index in [1.807, 2.05) is 43.3 Å². The van der Waals surface area contributed by atoms with Gasteiger partial charge in [0, 0.05) is 15.1 Å². The number of carbonyl (C=O) groups is 2. The van der Waals surface area contributed by atoms with Crippen LogP contribution in [0.15, 0.2) is 48.7 Å². The Bertz CT molecular complexity index is 873. The van der Waals surface area contributed by atoms with Crippen LogP contribution in [0.5, 0.6) is 0 Å². The lowest BCUT2D eigenvalue weighted by atomic mass is 10.2. The van der Waals surface area contributed by atoms with Gasteiger partial charge < -0.3 is 10.6 Å². The molecule has 0 saturated carbocycles. The summed E-state index contributed by atoms with van der Waals surface area (Å²) in [6.07, 6.45) is 1.54. The number of pyridine rings is 1. The lowest BCUT2D eigenvalue weighted by Crippen LogP contribution is -2.34. The van der Waals surface area contributed by atoms with E-state index in [4.69, 9.17) is 0 Å². The lowest BCUT2D eigenvalue weighted by molar-refractivity contribution is -0.136. The van der Waals surface area contributed by atoms with Crippen molar-refractivity contribution in [2.75, 3.05) is 5.32 Å². The highest BCUT2D eigenvalue weighted by atomic mass is 32.1. The van der Waals surface area contributed by atoms with Crippen molar-refractivity contribution < 1.29 is 9.59 Å². The predicted octanol–water partition coefficient (Wildman–Crippen LogP) is 2.86. The number of rotatable bonds is 3. The van der Waals surface area contributed by atoms with E-state index in [9.17, 15) is 9.59 Å². The molecule has 0 aliphatic carbocycles. The van der Waals surface area contributed by atoms with E-state index >= 15 is 0 Å². The van der Waals surface area contributed by atoms with Crippen molar-refractivity contribution in [1.29, 1.82) is 0 Å². The summed E-state index contributed by atoms with van der Waals surface area (Å²) in [6.45, 7) is 2.34. The zero-order chi connectivity index (χ0) is 16.2. The SMILES string of the molecule is Cc1ccc(CNC(=O)C(=O)Nc2cnc3ccccc3c2)s1. The Morgan fingerprint density at radius 2 is 1.96 bits per heavy atom. The minimum absolute atomic E-state index is 0.348. The summed E-state index contributed by atoms with van der Waals surface area (Å²) in [5.74, 6) is -1.36. The number of fused-ring (bicyclic) bond motifs is 1. The first-order valence-corrected chi connectivity index (χ1v) is 7.93. The number of carbonyl (C=O) groups excluding carboxylic acids is 2. The van der Waals surface area contributed by atoms with Crippen molar-refractivity contribution in [2.24, 2.45) is 0 Å². The summed E-state index contributed by atoms with van der Waals surface area (Å²) < 4.78 is 0. The molecular formula is C17H15N3O2S. The van der Waals surface area contributed by atoms with Crippen LogP contribution in [0, 0.1) is 6.92 Å². The van der Waals surface area contributed by atoms with Gasteiger partial charge in [0.05, 0.1) is 23.9 Å². The molecule has 0 aliphatic heterocycles. The summed E-state index contributed by atoms with van der Waals surface area (Å²) in [6, 6.07) is 13.3. The van der Waals surface area contributed by atoms with Gasteiger partial charge in [0.1, 0.15) is 0 Å². The Kier molecular flexibility index (Phi) is 4.34. The van der Waals surface area contributed by atoms with Crippen LogP contribution in [-0.2, 0) is 16.1 Å². The zero-order valence-electron chi connectivity index (χ0n) is 12.5. The number of nitrogens with one attached hydrogen (secondary N) is 2. The fourth-order valence-corrected chi connectivity index (χ4v) is 2.99. The Balaban J connectivity index is 1.61. The van der Waals surface area contributed by atoms with Crippen LogP contribution in [-0.4, -0.2) is 16.8 Å². The number of aryl methyl sites for hydroxylation is 1. The highest BCUT2D eigenvalue weighted by Crippen LogP contribution is 2.16. The molecule has 0 unspecified atom stereocenters. The molecule has 2 amide bonds. The number of hydrogen-bond donors (Lipinski definition) is 2. The molecule has 0 spiro atoms. The van der Waals surface area contributed by atoms with Crippen molar-refractivity contribution >= 4 is 39.7 Å². The number of anilines is 1. The van der Waals surface area contributed by atoms with Gasteiger partial charge in [-0.15, -0.1) is 11.3 Å². The number of amides is 2. The standard InChI is InChI=1S/C17H15N3O2S/c1-11-6-7-14(23-11)10-19-16(21)17(22)20-13-8-12-4-2-3-5-15(12)18-9-13/h2-9H,10H2,1H3,(H,19,21)(H,20,22). The van der Waals surface area contributed by atoms with E-state index in [-0.39, 0.29) is 0 Å². The largest absolute Gasteiger partial charge is 0.343 e. The second-order valence-corrected chi connectivity index (χ2v) is 6.44. The monoisotopic (exact) mass is 325 g/mol.